The lowest BCUT2D eigenvalue weighted by molar-refractivity contribution is -0.157. The van der Waals surface area contributed by atoms with Gasteiger partial charge in [0.2, 0.25) is 5.91 Å². The Bertz CT molecular complexity index is 519. The second kappa shape index (κ2) is 8.64. The van der Waals surface area contributed by atoms with Crippen LogP contribution < -0.4 is 5.73 Å². The molecule has 0 unspecified atom stereocenters. The first-order valence-electron chi connectivity index (χ1n) is 7.78. The Balaban J connectivity index is 3.15. The van der Waals surface area contributed by atoms with Gasteiger partial charge in [-0.05, 0) is 33.3 Å². The summed E-state index contributed by atoms with van der Waals surface area (Å²) in [5.41, 5.74) is 6.67. The predicted octanol–water partition coefficient (Wildman–Crippen LogP) is 1.24. The maximum Gasteiger partial charge on any atom is 0.328 e. The lowest BCUT2D eigenvalue weighted by atomic mass is 10.0. The van der Waals surface area contributed by atoms with Crippen molar-refractivity contribution in [3.63, 3.8) is 0 Å². The van der Waals surface area contributed by atoms with E-state index in [1.54, 1.807) is 13.8 Å². The van der Waals surface area contributed by atoms with Gasteiger partial charge in [0, 0.05) is 0 Å². The minimum Gasteiger partial charge on any atom is -0.464 e. The van der Waals surface area contributed by atoms with Crippen LogP contribution in [0.3, 0.4) is 0 Å². The normalized spacial score (nSPS) is 16.1. The van der Waals surface area contributed by atoms with E-state index in [1.165, 1.54) is 11.8 Å². The molecule has 0 saturated heterocycles. The molecule has 23 heavy (non-hydrogen) atoms. The van der Waals surface area contributed by atoms with E-state index in [2.05, 4.69) is 0 Å². The Labute approximate surface area is 137 Å². The van der Waals surface area contributed by atoms with Crippen molar-refractivity contribution in [3.05, 3.63) is 35.9 Å². The van der Waals surface area contributed by atoms with Gasteiger partial charge in [-0.3, -0.25) is 4.79 Å². The smallest absolute Gasteiger partial charge is 0.328 e. The quantitative estimate of drug-likeness (QED) is 0.737. The summed E-state index contributed by atoms with van der Waals surface area (Å²) >= 11 is 0. The molecule has 0 spiro atoms. The molecule has 0 bridgehead atoms. The average molecular weight is 322 g/mol. The van der Waals surface area contributed by atoms with E-state index in [1.807, 2.05) is 37.3 Å². The van der Waals surface area contributed by atoms with E-state index in [9.17, 15) is 14.7 Å². The van der Waals surface area contributed by atoms with E-state index < -0.39 is 30.1 Å². The number of hydrogen-bond donors (Lipinski definition) is 2. The Hall–Kier alpha value is -1.92. The highest BCUT2D eigenvalue weighted by atomic mass is 16.5. The number of esters is 1. The molecule has 128 valence electrons. The number of hydrogen-bond acceptors (Lipinski definition) is 5. The molecule has 0 radical (unpaired) electrons. The Morgan fingerprint density at radius 1 is 1.22 bits per heavy atom. The Morgan fingerprint density at radius 3 is 2.26 bits per heavy atom. The Kier molecular flexibility index (Phi) is 7.19. The molecular formula is C17H26N2O4. The SMILES string of the molecule is CCOC(=O)[C@@H](C)N(C(=O)[C@@H](N)[C@H](C)O)[C@@H](C)c1ccccc1. The third-order valence-corrected chi connectivity index (χ3v) is 3.80. The number of rotatable bonds is 7. The molecule has 1 rings (SSSR count). The summed E-state index contributed by atoms with van der Waals surface area (Å²) < 4.78 is 5.02. The fraction of sp³-hybridized carbons (Fsp3) is 0.529. The van der Waals surface area contributed by atoms with Crippen molar-refractivity contribution in [2.75, 3.05) is 6.61 Å². The van der Waals surface area contributed by atoms with Crippen molar-refractivity contribution < 1.29 is 19.4 Å². The fourth-order valence-corrected chi connectivity index (χ4v) is 2.36. The van der Waals surface area contributed by atoms with E-state index in [-0.39, 0.29) is 12.6 Å². The molecule has 0 aromatic heterocycles. The van der Waals surface area contributed by atoms with E-state index >= 15 is 0 Å². The van der Waals surface area contributed by atoms with Crippen LogP contribution in [0.15, 0.2) is 30.3 Å². The monoisotopic (exact) mass is 322 g/mol. The second-order valence-electron chi connectivity index (χ2n) is 5.53. The highest BCUT2D eigenvalue weighted by molar-refractivity contribution is 5.88. The van der Waals surface area contributed by atoms with Gasteiger partial charge >= 0.3 is 5.97 Å². The number of benzene rings is 1. The van der Waals surface area contributed by atoms with Crippen molar-refractivity contribution in [2.45, 2.75) is 51.9 Å². The van der Waals surface area contributed by atoms with Crippen molar-refractivity contribution in [1.82, 2.24) is 4.90 Å². The summed E-state index contributed by atoms with van der Waals surface area (Å²) in [4.78, 5) is 26.2. The van der Waals surface area contributed by atoms with Crippen LogP contribution in [-0.4, -0.2) is 46.7 Å². The van der Waals surface area contributed by atoms with Crippen LogP contribution in [0.4, 0.5) is 0 Å². The summed E-state index contributed by atoms with van der Waals surface area (Å²) in [5, 5.41) is 9.63. The van der Waals surface area contributed by atoms with Crippen LogP contribution in [0.25, 0.3) is 0 Å². The first-order chi connectivity index (χ1) is 10.8. The first-order valence-corrected chi connectivity index (χ1v) is 7.78. The van der Waals surface area contributed by atoms with Gasteiger partial charge in [-0.25, -0.2) is 4.79 Å². The van der Waals surface area contributed by atoms with Crippen molar-refractivity contribution >= 4 is 11.9 Å². The van der Waals surface area contributed by atoms with Gasteiger partial charge in [-0.1, -0.05) is 30.3 Å². The van der Waals surface area contributed by atoms with E-state index in [4.69, 9.17) is 10.5 Å². The minimum atomic E-state index is -1.10. The predicted molar refractivity (Wildman–Crippen MR) is 87.5 cm³/mol. The van der Waals surface area contributed by atoms with E-state index in [0.717, 1.165) is 5.56 Å². The van der Waals surface area contributed by atoms with Crippen LogP contribution in [0.2, 0.25) is 0 Å². The van der Waals surface area contributed by atoms with E-state index in [0.29, 0.717) is 0 Å². The third kappa shape index (κ3) is 4.77. The summed E-state index contributed by atoms with van der Waals surface area (Å²) in [6.45, 7) is 6.80. The second-order valence-corrected chi connectivity index (χ2v) is 5.53. The summed E-state index contributed by atoms with van der Waals surface area (Å²) in [7, 11) is 0. The average Bonchev–Trinajstić information content (AvgIpc) is 2.54. The van der Waals surface area contributed by atoms with Crippen LogP contribution in [-0.2, 0) is 14.3 Å². The molecule has 6 nitrogen and oxygen atoms in total. The van der Waals surface area contributed by atoms with Gasteiger partial charge in [-0.2, -0.15) is 0 Å². The molecule has 0 saturated carbocycles. The zero-order chi connectivity index (χ0) is 17.6. The van der Waals surface area contributed by atoms with Crippen molar-refractivity contribution in [2.24, 2.45) is 5.73 Å². The minimum absolute atomic E-state index is 0.230. The zero-order valence-corrected chi connectivity index (χ0v) is 14.1. The number of ether oxygens (including phenoxy) is 1. The summed E-state index contributed by atoms with van der Waals surface area (Å²) in [5.74, 6) is -0.988. The van der Waals surface area contributed by atoms with Gasteiger partial charge in [0.15, 0.2) is 0 Å². The number of nitrogens with two attached hydrogens (primary N) is 1. The Morgan fingerprint density at radius 2 is 1.78 bits per heavy atom. The molecule has 0 aliphatic carbocycles. The van der Waals surface area contributed by atoms with Gasteiger partial charge in [0.1, 0.15) is 12.1 Å². The molecule has 1 amide bonds. The molecule has 0 fully saturated rings. The zero-order valence-electron chi connectivity index (χ0n) is 14.1. The summed E-state index contributed by atoms with van der Waals surface area (Å²) in [6.07, 6.45) is -1.01. The number of amides is 1. The van der Waals surface area contributed by atoms with Gasteiger partial charge < -0.3 is 20.5 Å². The molecule has 0 aliphatic heterocycles. The van der Waals surface area contributed by atoms with Gasteiger partial charge in [-0.15, -0.1) is 0 Å². The van der Waals surface area contributed by atoms with Crippen LogP contribution in [0.5, 0.6) is 0 Å². The largest absolute Gasteiger partial charge is 0.464 e. The highest BCUT2D eigenvalue weighted by Gasteiger charge is 2.35. The van der Waals surface area contributed by atoms with Crippen molar-refractivity contribution in [1.29, 1.82) is 0 Å². The fourth-order valence-electron chi connectivity index (χ4n) is 2.36. The lowest BCUT2D eigenvalue weighted by Gasteiger charge is -2.36. The van der Waals surface area contributed by atoms with Crippen LogP contribution in [0, 0.1) is 0 Å². The number of nitrogens with zero attached hydrogens (tertiary/aromatic N) is 1. The maximum absolute atomic E-state index is 12.7. The molecule has 1 aromatic carbocycles. The molecule has 1 aromatic rings. The molecular weight excluding hydrogens is 296 g/mol. The number of carbonyl (C=O) groups excluding carboxylic acids is 2. The van der Waals surface area contributed by atoms with Crippen molar-refractivity contribution in [3.8, 4) is 0 Å². The maximum atomic E-state index is 12.7. The van der Waals surface area contributed by atoms with Gasteiger partial charge in [0.05, 0.1) is 18.8 Å². The number of carbonyl (C=O) groups is 2. The summed E-state index contributed by atoms with van der Waals surface area (Å²) in [6, 6.07) is 7.05. The third-order valence-electron chi connectivity index (χ3n) is 3.80. The van der Waals surface area contributed by atoms with Crippen LogP contribution in [0.1, 0.15) is 39.3 Å². The van der Waals surface area contributed by atoms with Gasteiger partial charge in [0.25, 0.3) is 0 Å². The molecule has 0 heterocycles. The first kappa shape index (κ1) is 19.1. The molecule has 6 heteroatoms. The lowest BCUT2D eigenvalue weighted by Crippen LogP contribution is -2.54. The number of aliphatic hydroxyl groups is 1. The number of aliphatic hydroxyl groups excluding tert-OH is 1. The topological polar surface area (TPSA) is 92.9 Å². The molecule has 0 aliphatic rings. The standard InChI is InChI=1S/C17H26N2O4/c1-5-23-17(22)12(3)19(16(21)15(18)13(4)20)11(2)14-9-7-6-8-10-14/h6-13,15,20H,5,18H2,1-4H3/t11-,12+,13-,15-/m0/s1. The van der Waals surface area contributed by atoms with Crippen LogP contribution >= 0.6 is 0 Å². The molecule has 3 N–H and O–H groups in total. The molecule has 4 atom stereocenters. The highest BCUT2D eigenvalue weighted by Crippen LogP contribution is 2.24.